The van der Waals surface area contributed by atoms with Crippen molar-refractivity contribution >= 4 is 22.9 Å². The monoisotopic (exact) mass is 462 g/mol. The van der Waals surface area contributed by atoms with E-state index in [-0.39, 0.29) is 11.6 Å². The lowest BCUT2D eigenvalue weighted by Gasteiger charge is -2.26. The number of ketones is 2. The molecule has 0 aromatic heterocycles. The molecule has 184 valence electrons. The zero-order chi connectivity index (χ0) is 24.7. The molecule has 2 unspecified atom stereocenters. The Morgan fingerprint density at radius 2 is 1.38 bits per heavy atom. The van der Waals surface area contributed by atoms with E-state index in [2.05, 4.69) is 39.1 Å². The van der Waals surface area contributed by atoms with Crippen LogP contribution in [-0.2, 0) is 6.42 Å². The number of nitrogens with one attached hydrogen (secondary N) is 1. The van der Waals surface area contributed by atoms with Crippen LogP contribution in [-0.4, -0.2) is 18.1 Å². The number of fused-ring (bicyclic) bond motifs is 2. The van der Waals surface area contributed by atoms with E-state index in [1.165, 1.54) is 25.7 Å². The van der Waals surface area contributed by atoms with Gasteiger partial charge in [-0.05, 0) is 36.3 Å². The summed E-state index contributed by atoms with van der Waals surface area (Å²) in [5, 5.41) is 3.59. The number of hydrogen-bond acceptors (Lipinski definition) is 4. The summed E-state index contributed by atoms with van der Waals surface area (Å²) in [5.41, 5.74) is 10.7. The molecule has 2 aromatic carbocycles. The first kappa shape index (κ1) is 26.0. The molecule has 2 aromatic rings. The summed E-state index contributed by atoms with van der Waals surface area (Å²) in [6, 6.07) is 9.18. The van der Waals surface area contributed by atoms with Crippen molar-refractivity contribution in [2.24, 2.45) is 11.8 Å². The lowest BCUT2D eigenvalue weighted by atomic mass is 9.79. The van der Waals surface area contributed by atoms with E-state index >= 15 is 0 Å². The zero-order valence-electron chi connectivity index (χ0n) is 21.5. The van der Waals surface area contributed by atoms with E-state index in [0.717, 1.165) is 49.9 Å². The molecular formula is C30H42N2O2. The zero-order valence-corrected chi connectivity index (χ0v) is 21.5. The molecule has 1 aliphatic rings. The standard InChI is InChI=1S/C30H42N2O2/c1-5-9-13-20(7-3)17-22-18-25(32-19-21(8-4)14-10-6-2)26-27(28(22)31)30(34)24-16-12-11-15-23(24)29(26)33/h11-12,15-16,18,20-21,32H,5-10,13-14,17,19,31H2,1-4H3. The van der Waals surface area contributed by atoms with Gasteiger partial charge >= 0.3 is 0 Å². The molecule has 0 saturated heterocycles. The largest absolute Gasteiger partial charge is 0.398 e. The maximum absolute atomic E-state index is 13.6. The molecule has 0 bridgehead atoms. The quantitative estimate of drug-likeness (QED) is 0.259. The van der Waals surface area contributed by atoms with Gasteiger partial charge in [-0.2, -0.15) is 0 Å². The molecule has 0 fully saturated rings. The third kappa shape index (κ3) is 5.54. The minimum atomic E-state index is -0.132. The van der Waals surface area contributed by atoms with Crippen LogP contribution in [0.4, 0.5) is 11.4 Å². The first-order chi connectivity index (χ1) is 16.5. The highest BCUT2D eigenvalue weighted by molar-refractivity contribution is 6.32. The Morgan fingerprint density at radius 1 is 0.824 bits per heavy atom. The molecule has 0 spiro atoms. The number of rotatable bonds is 13. The van der Waals surface area contributed by atoms with Gasteiger partial charge < -0.3 is 11.1 Å². The van der Waals surface area contributed by atoms with Gasteiger partial charge in [0.1, 0.15) is 0 Å². The Morgan fingerprint density at radius 3 is 1.94 bits per heavy atom. The number of carbonyl (C=O) groups excluding carboxylic acids is 2. The molecule has 1 aliphatic carbocycles. The van der Waals surface area contributed by atoms with Gasteiger partial charge in [0.25, 0.3) is 0 Å². The second kappa shape index (κ2) is 12.2. The maximum Gasteiger partial charge on any atom is 0.196 e. The summed E-state index contributed by atoms with van der Waals surface area (Å²) in [5.74, 6) is 0.812. The third-order valence-corrected chi connectivity index (χ3v) is 7.50. The SMILES string of the molecule is CCCCC(CC)CNc1cc(CC(CC)CCCC)c(N)c2c1C(=O)c1ccccc1C2=O. The number of anilines is 2. The normalized spacial score (nSPS) is 14.5. The van der Waals surface area contributed by atoms with Crippen LogP contribution in [0.5, 0.6) is 0 Å². The Balaban J connectivity index is 2.05. The minimum Gasteiger partial charge on any atom is -0.398 e. The molecule has 4 nitrogen and oxygen atoms in total. The van der Waals surface area contributed by atoms with Crippen LogP contribution in [0.2, 0.25) is 0 Å². The second-order valence-electron chi connectivity index (χ2n) is 9.87. The summed E-state index contributed by atoms with van der Waals surface area (Å²) in [6.07, 6.45) is 10.0. The topological polar surface area (TPSA) is 72.2 Å². The fourth-order valence-corrected chi connectivity index (χ4v) is 5.13. The van der Waals surface area contributed by atoms with Crippen molar-refractivity contribution < 1.29 is 9.59 Å². The minimum absolute atomic E-state index is 0.106. The van der Waals surface area contributed by atoms with Gasteiger partial charge in [-0.15, -0.1) is 0 Å². The molecule has 0 aliphatic heterocycles. The summed E-state index contributed by atoms with van der Waals surface area (Å²) >= 11 is 0. The smallest absolute Gasteiger partial charge is 0.196 e. The van der Waals surface area contributed by atoms with Crippen LogP contribution in [0.1, 0.15) is 116 Å². The highest BCUT2D eigenvalue weighted by Gasteiger charge is 2.34. The molecule has 2 atom stereocenters. The van der Waals surface area contributed by atoms with Crippen molar-refractivity contribution in [3.63, 3.8) is 0 Å². The highest BCUT2D eigenvalue weighted by atomic mass is 16.1. The average molecular weight is 463 g/mol. The van der Waals surface area contributed by atoms with Gasteiger partial charge in [0.05, 0.1) is 11.1 Å². The van der Waals surface area contributed by atoms with E-state index in [1.807, 2.05) is 12.1 Å². The van der Waals surface area contributed by atoms with Gasteiger partial charge in [-0.1, -0.05) is 96.9 Å². The lowest BCUT2D eigenvalue weighted by molar-refractivity contribution is 0.0980. The number of nitrogens with two attached hydrogens (primary N) is 1. The second-order valence-corrected chi connectivity index (χ2v) is 9.87. The molecule has 0 radical (unpaired) electrons. The molecule has 0 saturated carbocycles. The van der Waals surface area contributed by atoms with Crippen LogP contribution in [0, 0.1) is 11.8 Å². The number of benzene rings is 2. The first-order valence-corrected chi connectivity index (χ1v) is 13.3. The van der Waals surface area contributed by atoms with Crippen LogP contribution >= 0.6 is 0 Å². The number of hydrogen-bond donors (Lipinski definition) is 2. The van der Waals surface area contributed by atoms with Crippen LogP contribution in [0.3, 0.4) is 0 Å². The van der Waals surface area contributed by atoms with Crippen molar-refractivity contribution in [3.05, 3.63) is 58.1 Å². The fourth-order valence-electron chi connectivity index (χ4n) is 5.13. The molecule has 3 rings (SSSR count). The predicted octanol–water partition coefficient (Wildman–Crippen LogP) is 7.43. The van der Waals surface area contributed by atoms with Crippen molar-refractivity contribution in [3.8, 4) is 0 Å². The highest BCUT2D eigenvalue weighted by Crippen LogP contribution is 2.39. The number of nitrogen functional groups attached to an aromatic ring is 1. The van der Waals surface area contributed by atoms with Crippen LogP contribution in [0.15, 0.2) is 30.3 Å². The molecular weight excluding hydrogens is 420 g/mol. The summed E-state index contributed by atoms with van der Waals surface area (Å²) in [4.78, 5) is 27.2. The fraction of sp³-hybridized carbons (Fsp3) is 0.533. The van der Waals surface area contributed by atoms with E-state index < -0.39 is 0 Å². The van der Waals surface area contributed by atoms with Crippen molar-refractivity contribution in [2.75, 3.05) is 17.6 Å². The molecule has 0 amide bonds. The Bertz CT molecular complexity index is 1010. The number of unbranched alkanes of at least 4 members (excludes halogenated alkanes) is 2. The summed E-state index contributed by atoms with van der Waals surface area (Å²) < 4.78 is 0. The molecule has 0 heterocycles. The van der Waals surface area contributed by atoms with Crippen LogP contribution in [0.25, 0.3) is 0 Å². The van der Waals surface area contributed by atoms with Crippen molar-refractivity contribution in [2.45, 2.75) is 85.5 Å². The van der Waals surface area contributed by atoms with E-state index in [0.29, 0.717) is 39.8 Å². The van der Waals surface area contributed by atoms with Crippen LogP contribution < -0.4 is 11.1 Å². The van der Waals surface area contributed by atoms with E-state index in [9.17, 15) is 9.59 Å². The first-order valence-electron chi connectivity index (χ1n) is 13.3. The Hall–Kier alpha value is -2.62. The van der Waals surface area contributed by atoms with Crippen molar-refractivity contribution in [1.82, 2.24) is 0 Å². The van der Waals surface area contributed by atoms with Gasteiger partial charge in [-0.3, -0.25) is 9.59 Å². The lowest BCUT2D eigenvalue weighted by Crippen LogP contribution is -2.26. The van der Waals surface area contributed by atoms with Crippen molar-refractivity contribution in [1.29, 1.82) is 0 Å². The Labute approximate surface area is 205 Å². The maximum atomic E-state index is 13.6. The van der Waals surface area contributed by atoms with E-state index in [4.69, 9.17) is 5.73 Å². The third-order valence-electron chi connectivity index (χ3n) is 7.50. The number of carbonyl (C=O) groups is 2. The molecule has 34 heavy (non-hydrogen) atoms. The summed E-state index contributed by atoms with van der Waals surface area (Å²) in [7, 11) is 0. The Kier molecular flexibility index (Phi) is 9.32. The van der Waals surface area contributed by atoms with Gasteiger partial charge in [-0.25, -0.2) is 0 Å². The van der Waals surface area contributed by atoms with E-state index in [1.54, 1.807) is 12.1 Å². The van der Waals surface area contributed by atoms with Gasteiger partial charge in [0.15, 0.2) is 11.6 Å². The van der Waals surface area contributed by atoms with Gasteiger partial charge in [0.2, 0.25) is 0 Å². The predicted molar refractivity (Wildman–Crippen MR) is 143 cm³/mol. The molecule has 4 heteroatoms. The summed E-state index contributed by atoms with van der Waals surface area (Å²) in [6.45, 7) is 9.66. The average Bonchev–Trinajstić information content (AvgIpc) is 2.86. The van der Waals surface area contributed by atoms with Gasteiger partial charge in [0, 0.05) is 29.0 Å². The molecule has 3 N–H and O–H groups in total.